The third kappa shape index (κ3) is 3.15. The fraction of sp³-hybridized carbons (Fsp3) is 0.381. The molecular weight excluding hydrogens is 374 g/mol. The Labute approximate surface area is 166 Å². The van der Waals surface area contributed by atoms with Crippen molar-refractivity contribution >= 4 is 44.9 Å². The molecule has 0 aliphatic heterocycles. The number of carbonyl (C=O) groups is 1. The molecule has 4 nitrogen and oxygen atoms in total. The number of thioether (sulfide) groups is 1. The molecule has 0 saturated heterocycles. The van der Waals surface area contributed by atoms with Crippen molar-refractivity contribution in [2.45, 2.75) is 55.7 Å². The monoisotopic (exact) mass is 395 g/mol. The number of benzene rings is 1. The molecule has 0 unspecified atom stereocenters. The average Bonchev–Trinajstić information content (AvgIpc) is 3.36. The van der Waals surface area contributed by atoms with Gasteiger partial charge in [-0.3, -0.25) is 4.79 Å². The van der Waals surface area contributed by atoms with Crippen LogP contribution in [0.1, 0.15) is 41.3 Å². The first kappa shape index (κ1) is 17.2. The summed E-state index contributed by atoms with van der Waals surface area (Å²) in [6.07, 6.45) is 8.58. The van der Waals surface area contributed by atoms with Gasteiger partial charge in [-0.25, -0.2) is 9.97 Å². The lowest BCUT2D eigenvalue weighted by Crippen LogP contribution is -2.22. The van der Waals surface area contributed by atoms with Crippen LogP contribution in [-0.2, 0) is 30.5 Å². The molecule has 2 aromatic heterocycles. The number of anilines is 1. The Hall–Kier alpha value is -1.92. The Morgan fingerprint density at radius 1 is 1.15 bits per heavy atom. The lowest BCUT2D eigenvalue weighted by molar-refractivity contribution is -0.115. The molecule has 27 heavy (non-hydrogen) atoms. The van der Waals surface area contributed by atoms with Crippen LogP contribution in [0.15, 0.2) is 29.6 Å². The standard InChI is InChI=1S/C21H21N3OS2/c1-12(19(25)24-15-9-8-13-4-2-5-14(13)10-15)26-20-18-16-6-3-7-17(16)27-21(18)23-11-22-20/h8-12H,2-7H2,1H3,(H,24,25)/t12-/m0/s1. The molecule has 2 aliphatic carbocycles. The van der Waals surface area contributed by atoms with Gasteiger partial charge in [0.15, 0.2) is 0 Å². The van der Waals surface area contributed by atoms with E-state index in [2.05, 4.69) is 27.4 Å². The zero-order valence-corrected chi connectivity index (χ0v) is 16.9. The van der Waals surface area contributed by atoms with E-state index in [4.69, 9.17) is 0 Å². The molecule has 0 bridgehead atoms. The number of nitrogens with zero attached hydrogens (tertiary/aromatic N) is 2. The Kier molecular flexibility index (Phi) is 4.40. The molecule has 138 valence electrons. The number of thiophene rings is 1. The number of carbonyl (C=O) groups excluding carboxylic acids is 1. The maximum absolute atomic E-state index is 12.8. The topological polar surface area (TPSA) is 54.9 Å². The SMILES string of the molecule is C[C@H](Sc1ncnc2sc3c(c12)CCC3)C(=O)Nc1ccc2c(c1)CCC2. The van der Waals surface area contributed by atoms with Gasteiger partial charge in [0.2, 0.25) is 5.91 Å². The van der Waals surface area contributed by atoms with Crippen molar-refractivity contribution in [3.05, 3.63) is 46.1 Å². The summed E-state index contributed by atoms with van der Waals surface area (Å²) in [6.45, 7) is 1.95. The maximum Gasteiger partial charge on any atom is 0.237 e. The van der Waals surface area contributed by atoms with Crippen LogP contribution < -0.4 is 5.32 Å². The highest BCUT2D eigenvalue weighted by Gasteiger charge is 2.24. The number of aryl methyl sites for hydroxylation is 4. The summed E-state index contributed by atoms with van der Waals surface area (Å²) in [5, 5.41) is 4.99. The van der Waals surface area contributed by atoms with Crippen LogP contribution >= 0.6 is 23.1 Å². The van der Waals surface area contributed by atoms with Gasteiger partial charge in [0, 0.05) is 16.0 Å². The molecule has 1 aromatic carbocycles. The van der Waals surface area contributed by atoms with Crippen molar-refractivity contribution in [2.75, 3.05) is 5.32 Å². The molecule has 1 N–H and O–H groups in total. The van der Waals surface area contributed by atoms with E-state index in [1.807, 2.05) is 13.0 Å². The van der Waals surface area contributed by atoms with E-state index < -0.39 is 0 Å². The second kappa shape index (κ2) is 6.91. The van der Waals surface area contributed by atoms with E-state index in [-0.39, 0.29) is 11.2 Å². The molecule has 5 rings (SSSR count). The fourth-order valence-corrected chi connectivity index (χ4v) is 6.34. The van der Waals surface area contributed by atoms with Gasteiger partial charge in [-0.05, 0) is 74.3 Å². The van der Waals surface area contributed by atoms with Gasteiger partial charge < -0.3 is 5.32 Å². The summed E-state index contributed by atoms with van der Waals surface area (Å²) in [6, 6.07) is 6.30. The third-order valence-electron chi connectivity index (χ3n) is 5.49. The van der Waals surface area contributed by atoms with E-state index in [1.165, 1.54) is 39.8 Å². The molecule has 0 radical (unpaired) electrons. The second-order valence-electron chi connectivity index (χ2n) is 7.30. The molecule has 6 heteroatoms. The van der Waals surface area contributed by atoms with Crippen molar-refractivity contribution < 1.29 is 4.79 Å². The van der Waals surface area contributed by atoms with Gasteiger partial charge in [-0.1, -0.05) is 17.8 Å². The normalized spacial score (nSPS) is 16.3. The van der Waals surface area contributed by atoms with Crippen LogP contribution in [0.25, 0.3) is 10.2 Å². The van der Waals surface area contributed by atoms with Gasteiger partial charge in [0.1, 0.15) is 16.2 Å². The van der Waals surface area contributed by atoms with Gasteiger partial charge in [-0.2, -0.15) is 0 Å². The number of amides is 1. The average molecular weight is 396 g/mol. The molecule has 1 atom stereocenters. The largest absolute Gasteiger partial charge is 0.325 e. The third-order valence-corrected chi connectivity index (χ3v) is 7.79. The van der Waals surface area contributed by atoms with Crippen LogP contribution in [0.2, 0.25) is 0 Å². The summed E-state index contributed by atoms with van der Waals surface area (Å²) in [5.41, 5.74) is 5.10. The number of nitrogens with one attached hydrogen (secondary N) is 1. The number of hydrogen-bond donors (Lipinski definition) is 1. The summed E-state index contributed by atoms with van der Waals surface area (Å²) in [5.74, 6) is 0.0246. The molecular formula is C21H21N3OS2. The van der Waals surface area contributed by atoms with Crippen LogP contribution in [0.4, 0.5) is 5.69 Å². The lowest BCUT2D eigenvalue weighted by atomic mass is 10.1. The Balaban J connectivity index is 1.35. The minimum atomic E-state index is -0.215. The van der Waals surface area contributed by atoms with E-state index in [0.29, 0.717) is 0 Å². The zero-order valence-electron chi connectivity index (χ0n) is 15.2. The molecule has 2 aliphatic rings. The van der Waals surface area contributed by atoms with Crippen LogP contribution in [0, 0.1) is 0 Å². The lowest BCUT2D eigenvalue weighted by Gasteiger charge is -2.13. The first-order chi connectivity index (χ1) is 13.2. The van der Waals surface area contributed by atoms with Crippen LogP contribution in [0.5, 0.6) is 0 Å². The van der Waals surface area contributed by atoms with Crippen molar-refractivity contribution in [1.29, 1.82) is 0 Å². The number of aromatic nitrogens is 2. The number of rotatable bonds is 4. The molecule has 1 amide bonds. The summed E-state index contributed by atoms with van der Waals surface area (Å²) in [7, 11) is 0. The van der Waals surface area contributed by atoms with E-state index >= 15 is 0 Å². The van der Waals surface area contributed by atoms with Gasteiger partial charge >= 0.3 is 0 Å². The molecule has 0 spiro atoms. The summed E-state index contributed by atoms with van der Waals surface area (Å²) < 4.78 is 0. The van der Waals surface area contributed by atoms with Gasteiger partial charge in [-0.15, -0.1) is 11.3 Å². The Morgan fingerprint density at radius 3 is 2.93 bits per heavy atom. The highest BCUT2D eigenvalue weighted by atomic mass is 32.2. The molecule has 0 saturated carbocycles. The highest BCUT2D eigenvalue weighted by molar-refractivity contribution is 8.00. The molecule has 0 fully saturated rings. The van der Waals surface area contributed by atoms with E-state index in [1.54, 1.807) is 29.4 Å². The van der Waals surface area contributed by atoms with Crippen LogP contribution in [-0.4, -0.2) is 21.1 Å². The van der Waals surface area contributed by atoms with Crippen molar-refractivity contribution in [3.8, 4) is 0 Å². The van der Waals surface area contributed by atoms with Gasteiger partial charge in [0.05, 0.1) is 5.25 Å². The van der Waals surface area contributed by atoms with E-state index in [9.17, 15) is 4.79 Å². The molecule has 3 aromatic rings. The van der Waals surface area contributed by atoms with Crippen molar-refractivity contribution in [1.82, 2.24) is 9.97 Å². The Bertz CT molecular complexity index is 1040. The fourth-order valence-electron chi connectivity index (χ4n) is 4.10. The maximum atomic E-state index is 12.8. The zero-order chi connectivity index (χ0) is 18.4. The van der Waals surface area contributed by atoms with Crippen molar-refractivity contribution in [2.24, 2.45) is 0 Å². The summed E-state index contributed by atoms with van der Waals surface area (Å²) >= 11 is 3.33. The quantitative estimate of drug-likeness (QED) is 0.510. The van der Waals surface area contributed by atoms with Crippen molar-refractivity contribution in [3.63, 3.8) is 0 Å². The minimum Gasteiger partial charge on any atom is -0.325 e. The predicted octanol–water partition coefficient (Wildman–Crippen LogP) is 4.79. The Morgan fingerprint density at radius 2 is 2.00 bits per heavy atom. The first-order valence-corrected chi connectivity index (χ1v) is 11.2. The van der Waals surface area contributed by atoms with Gasteiger partial charge in [0.25, 0.3) is 0 Å². The number of hydrogen-bond acceptors (Lipinski definition) is 5. The van der Waals surface area contributed by atoms with Crippen LogP contribution in [0.3, 0.4) is 0 Å². The molecule has 2 heterocycles. The number of fused-ring (bicyclic) bond motifs is 4. The summed E-state index contributed by atoms with van der Waals surface area (Å²) in [4.78, 5) is 24.2. The highest BCUT2D eigenvalue weighted by Crippen LogP contribution is 2.41. The van der Waals surface area contributed by atoms with E-state index in [0.717, 1.165) is 41.2 Å². The smallest absolute Gasteiger partial charge is 0.237 e. The first-order valence-electron chi connectivity index (χ1n) is 9.53. The minimum absolute atomic E-state index is 0.0246. The predicted molar refractivity (Wildman–Crippen MR) is 112 cm³/mol. The second-order valence-corrected chi connectivity index (χ2v) is 9.72.